The van der Waals surface area contributed by atoms with Crippen LogP contribution >= 0.6 is 0 Å². The zero-order chi connectivity index (χ0) is 18.1. The van der Waals surface area contributed by atoms with Crippen molar-refractivity contribution in [2.45, 2.75) is 32.7 Å². The highest BCUT2D eigenvalue weighted by molar-refractivity contribution is 5.82. The fourth-order valence-corrected chi connectivity index (χ4v) is 3.75. The third kappa shape index (κ3) is 3.29. The minimum atomic E-state index is 0.198. The highest BCUT2D eigenvalue weighted by Crippen LogP contribution is 2.31. The van der Waals surface area contributed by atoms with E-state index in [1.807, 2.05) is 13.8 Å². The van der Waals surface area contributed by atoms with Crippen molar-refractivity contribution >= 4 is 17.0 Å². The van der Waals surface area contributed by atoms with Gasteiger partial charge in [-0.25, -0.2) is 9.97 Å². The Kier molecular flexibility index (Phi) is 4.59. The Morgan fingerprint density at radius 2 is 1.81 bits per heavy atom. The van der Waals surface area contributed by atoms with E-state index in [0.29, 0.717) is 17.4 Å². The largest absolute Gasteiger partial charge is 0.422 e. The van der Waals surface area contributed by atoms with Gasteiger partial charge < -0.3 is 14.2 Å². The lowest BCUT2D eigenvalue weighted by Crippen LogP contribution is -2.35. The zero-order valence-electron chi connectivity index (χ0n) is 15.6. The number of benzene rings is 1. The molecule has 0 aliphatic carbocycles. The number of fused-ring (bicyclic) bond motifs is 1. The van der Waals surface area contributed by atoms with Gasteiger partial charge in [-0.15, -0.1) is 0 Å². The summed E-state index contributed by atoms with van der Waals surface area (Å²) in [7, 11) is 2.10. The summed E-state index contributed by atoms with van der Waals surface area (Å²) in [5.74, 6) is 2.14. The summed E-state index contributed by atoms with van der Waals surface area (Å²) in [6.07, 6.45) is 2.56. The Morgan fingerprint density at radius 1 is 1.08 bits per heavy atom. The minimum Gasteiger partial charge on any atom is -0.422 e. The van der Waals surface area contributed by atoms with Crippen LogP contribution in [0.3, 0.4) is 0 Å². The van der Waals surface area contributed by atoms with Crippen LogP contribution in [0.25, 0.3) is 11.2 Å². The van der Waals surface area contributed by atoms with E-state index in [1.54, 1.807) is 0 Å². The molecule has 0 saturated carbocycles. The Labute approximate surface area is 153 Å². The lowest BCUT2D eigenvalue weighted by molar-refractivity contribution is 0.312. The first-order valence-electron chi connectivity index (χ1n) is 9.24. The van der Waals surface area contributed by atoms with E-state index in [9.17, 15) is 0 Å². The summed E-state index contributed by atoms with van der Waals surface area (Å²) in [4.78, 5) is 18.4. The molecule has 1 aromatic carbocycles. The Bertz CT molecular complexity index is 886. The third-order valence-corrected chi connectivity index (χ3v) is 5.07. The molecule has 1 saturated heterocycles. The van der Waals surface area contributed by atoms with Crippen molar-refractivity contribution < 1.29 is 4.42 Å². The summed E-state index contributed by atoms with van der Waals surface area (Å²) in [6, 6.07) is 10.8. The molecule has 3 heterocycles. The van der Waals surface area contributed by atoms with Crippen molar-refractivity contribution in [3.05, 3.63) is 47.6 Å². The first-order valence-corrected chi connectivity index (χ1v) is 9.24. The lowest BCUT2D eigenvalue weighted by atomic mass is 10.0. The summed E-state index contributed by atoms with van der Waals surface area (Å²) in [5, 5.41) is 0. The van der Waals surface area contributed by atoms with Crippen molar-refractivity contribution in [3.8, 4) is 0 Å². The maximum atomic E-state index is 5.66. The fourth-order valence-electron chi connectivity index (χ4n) is 3.75. The number of likely N-dealkylation sites (N-methyl/N-ethyl adjacent to an activating group) is 1. The number of aryl methyl sites for hydroxylation is 2. The van der Waals surface area contributed by atoms with Gasteiger partial charge in [0.05, 0.1) is 6.04 Å². The fraction of sp³-hybridized carbons (Fsp3) is 0.450. The SMILES string of the molecule is Cc1nc(N(C)[C@@H](CN2CCCC2)c2ccccc2)c2nc(C)oc2n1. The summed E-state index contributed by atoms with van der Waals surface area (Å²) < 4.78 is 5.66. The molecule has 136 valence electrons. The first-order chi connectivity index (χ1) is 12.6. The van der Waals surface area contributed by atoms with Crippen molar-refractivity contribution in [3.63, 3.8) is 0 Å². The molecule has 0 spiro atoms. The molecule has 4 rings (SSSR count). The van der Waals surface area contributed by atoms with E-state index < -0.39 is 0 Å². The molecule has 1 fully saturated rings. The molecule has 1 atom stereocenters. The Hall–Kier alpha value is -2.47. The van der Waals surface area contributed by atoms with Crippen molar-refractivity contribution in [1.82, 2.24) is 19.9 Å². The number of anilines is 1. The van der Waals surface area contributed by atoms with Crippen LogP contribution in [0.1, 0.15) is 36.2 Å². The molecule has 2 aromatic heterocycles. The van der Waals surface area contributed by atoms with Crippen LogP contribution in [-0.4, -0.2) is 46.5 Å². The molecule has 6 heteroatoms. The summed E-state index contributed by atoms with van der Waals surface area (Å²) >= 11 is 0. The van der Waals surface area contributed by atoms with E-state index in [1.165, 1.54) is 31.5 Å². The minimum absolute atomic E-state index is 0.198. The second-order valence-corrected chi connectivity index (χ2v) is 7.03. The van der Waals surface area contributed by atoms with Crippen LogP contribution in [-0.2, 0) is 0 Å². The van der Waals surface area contributed by atoms with Crippen LogP contribution in [0.2, 0.25) is 0 Å². The van der Waals surface area contributed by atoms with Gasteiger partial charge in [0.15, 0.2) is 17.2 Å². The molecule has 3 aromatic rings. The van der Waals surface area contributed by atoms with Gasteiger partial charge in [-0.2, -0.15) is 4.98 Å². The van der Waals surface area contributed by atoms with Crippen molar-refractivity contribution in [1.29, 1.82) is 0 Å². The zero-order valence-corrected chi connectivity index (χ0v) is 15.6. The quantitative estimate of drug-likeness (QED) is 0.701. The van der Waals surface area contributed by atoms with Gasteiger partial charge in [-0.05, 0) is 38.4 Å². The molecular weight excluding hydrogens is 326 g/mol. The summed E-state index contributed by atoms with van der Waals surface area (Å²) in [6.45, 7) is 7.05. The number of aromatic nitrogens is 3. The standard InChI is InChI=1S/C20H25N5O/c1-14-21-19(18-20(22-14)26-15(2)23-18)24(3)17(13-25-11-7-8-12-25)16-9-5-4-6-10-16/h4-6,9-10,17H,7-8,11-13H2,1-3H3/t17-/m0/s1. The molecule has 0 bridgehead atoms. The van der Waals surface area contributed by atoms with E-state index in [4.69, 9.17) is 9.40 Å². The van der Waals surface area contributed by atoms with E-state index >= 15 is 0 Å². The average Bonchev–Trinajstić information content (AvgIpc) is 3.27. The Balaban J connectivity index is 1.75. The predicted octanol–water partition coefficient (Wildman–Crippen LogP) is 3.51. The van der Waals surface area contributed by atoms with Crippen LogP contribution in [0, 0.1) is 13.8 Å². The van der Waals surface area contributed by atoms with Gasteiger partial charge >= 0.3 is 0 Å². The van der Waals surface area contributed by atoms with Gasteiger partial charge in [0.25, 0.3) is 5.71 Å². The van der Waals surface area contributed by atoms with E-state index in [2.05, 4.69) is 57.1 Å². The predicted molar refractivity (Wildman–Crippen MR) is 102 cm³/mol. The molecular formula is C20H25N5O. The number of oxazole rings is 1. The third-order valence-electron chi connectivity index (χ3n) is 5.07. The Morgan fingerprint density at radius 3 is 2.54 bits per heavy atom. The number of hydrogen-bond acceptors (Lipinski definition) is 6. The van der Waals surface area contributed by atoms with Crippen LogP contribution in [0.15, 0.2) is 34.7 Å². The van der Waals surface area contributed by atoms with Gasteiger partial charge in [0.1, 0.15) is 5.82 Å². The molecule has 1 aliphatic rings. The number of likely N-dealkylation sites (tertiary alicyclic amines) is 1. The number of rotatable bonds is 5. The van der Waals surface area contributed by atoms with Crippen molar-refractivity contribution in [2.24, 2.45) is 0 Å². The number of nitrogens with zero attached hydrogens (tertiary/aromatic N) is 5. The molecule has 0 radical (unpaired) electrons. The maximum Gasteiger partial charge on any atom is 0.252 e. The van der Waals surface area contributed by atoms with E-state index in [0.717, 1.165) is 17.9 Å². The van der Waals surface area contributed by atoms with Crippen LogP contribution in [0.5, 0.6) is 0 Å². The highest BCUT2D eigenvalue weighted by atomic mass is 16.4. The molecule has 0 amide bonds. The van der Waals surface area contributed by atoms with Crippen LogP contribution in [0.4, 0.5) is 5.82 Å². The molecule has 26 heavy (non-hydrogen) atoms. The van der Waals surface area contributed by atoms with Gasteiger partial charge in [-0.3, -0.25) is 0 Å². The molecule has 0 N–H and O–H groups in total. The number of hydrogen-bond donors (Lipinski definition) is 0. The highest BCUT2D eigenvalue weighted by Gasteiger charge is 2.26. The average molecular weight is 351 g/mol. The van der Waals surface area contributed by atoms with Gasteiger partial charge in [-0.1, -0.05) is 30.3 Å². The smallest absolute Gasteiger partial charge is 0.252 e. The van der Waals surface area contributed by atoms with Gasteiger partial charge in [0.2, 0.25) is 0 Å². The second kappa shape index (κ2) is 7.03. The molecule has 0 unspecified atom stereocenters. The first kappa shape index (κ1) is 17.0. The van der Waals surface area contributed by atoms with E-state index in [-0.39, 0.29) is 6.04 Å². The normalized spacial score (nSPS) is 16.3. The molecule has 6 nitrogen and oxygen atoms in total. The monoisotopic (exact) mass is 351 g/mol. The maximum absolute atomic E-state index is 5.66. The van der Waals surface area contributed by atoms with Crippen LogP contribution < -0.4 is 4.90 Å². The summed E-state index contributed by atoms with van der Waals surface area (Å²) in [5.41, 5.74) is 2.58. The molecule has 1 aliphatic heterocycles. The topological polar surface area (TPSA) is 58.3 Å². The van der Waals surface area contributed by atoms with Gasteiger partial charge in [0, 0.05) is 20.5 Å². The van der Waals surface area contributed by atoms with Crippen molar-refractivity contribution in [2.75, 3.05) is 31.6 Å². The lowest BCUT2D eigenvalue weighted by Gasteiger charge is -2.32. The second-order valence-electron chi connectivity index (χ2n) is 7.03.